The number of ether oxygens (including phenoxy) is 2. The first-order chi connectivity index (χ1) is 16.7. The highest BCUT2D eigenvalue weighted by Crippen LogP contribution is 2.35. The van der Waals surface area contributed by atoms with Crippen molar-refractivity contribution < 1.29 is 32.2 Å². The summed E-state index contributed by atoms with van der Waals surface area (Å²) in [6.07, 6.45) is -5.15. The summed E-state index contributed by atoms with van der Waals surface area (Å²) in [6, 6.07) is 9.33. The molecule has 2 aromatic carbocycles. The molecule has 0 saturated carbocycles. The molecule has 0 aromatic heterocycles. The fourth-order valence-corrected chi connectivity index (χ4v) is 4.51. The minimum Gasteiger partial charge on any atom is -0.493 e. The lowest BCUT2D eigenvalue weighted by atomic mass is 10.0. The van der Waals surface area contributed by atoms with Gasteiger partial charge >= 0.3 is 6.18 Å². The number of thioether (sulfide) groups is 1. The number of fused-ring (bicyclic) bond motifs is 1. The minimum absolute atomic E-state index is 0.0294. The van der Waals surface area contributed by atoms with E-state index in [1.54, 1.807) is 18.2 Å². The SMILES string of the molecule is COc1ccc(NC(=O)CSC2=NC3NNCC3C(=O)N2c2cccc(C(F)(F)F)c2)cc1OC. The van der Waals surface area contributed by atoms with Crippen molar-refractivity contribution in [1.82, 2.24) is 10.9 Å². The third kappa shape index (κ3) is 5.36. The second-order valence-electron chi connectivity index (χ2n) is 7.62. The lowest BCUT2D eigenvalue weighted by Gasteiger charge is -2.32. The molecule has 2 amide bonds. The summed E-state index contributed by atoms with van der Waals surface area (Å²) in [5.41, 5.74) is 5.33. The number of aliphatic imine (C=N–C) groups is 1. The van der Waals surface area contributed by atoms with Crippen molar-refractivity contribution in [3.8, 4) is 11.5 Å². The van der Waals surface area contributed by atoms with Gasteiger partial charge in [-0.05, 0) is 30.3 Å². The number of amidine groups is 1. The number of nitrogens with one attached hydrogen (secondary N) is 3. The molecule has 4 rings (SSSR count). The average Bonchev–Trinajstić information content (AvgIpc) is 3.31. The fourth-order valence-electron chi connectivity index (χ4n) is 3.67. The second kappa shape index (κ2) is 10.1. The number of nitrogens with zero attached hydrogens (tertiary/aromatic N) is 2. The Morgan fingerprint density at radius 3 is 2.69 bits per heavy atom. The van der Waals surface area contributed by atoms with E-state index in [4.69, 9.17) is 9.47 Å². The molecule has 0 aliphatic carbocycles. The molecular formula is C22H22F3N5O4S. The van der Waals surface area contributed by atoms with E-state index in [0.717, 1.165) is 28.8 Å². The molecular weight excluding hydrogens is 487 g/mol. The van der Waals surface area contributed by atoms with E-state index in [0.29, 0.717) is 17.2 Å². The first kappa shape index (κ1) is 24.8. The highest BCUT2D eigenvalue weighted by Gasteiger charge is 2.43. The van der Waals surface area contributed by atoms with Gasteiger partial charge in [0.15, 0.2) is 16.7 Å². The maximum atomic E-state index is 13.3. The van der Waals surface area contributed by atoms with Crippen LogP contribution in [-0.4, -0.2) is 49.7 Å². The number of amides is 2. The van der Waals surface area contributed by atoms with Crippen molar-refractivity contribution in [1.29, 1.82) is 0 Å². The Hall–Kier alpha value is -3.29. The average molecular weight is 510 g/mol. The summed E-state index contributed by atoms with van der Waals surface area (Å²) in [6.45, 7) is 0.278. The molecule has 3 N–H and O–H groups in total. The van der Waals surface area contributed by atoms with Crippen molar-refractivity contribution in [2.45, 2.75) is 12.3 Å². The number of alkyl halides is 3. The molecule has 1 fully saturated rings. The Balaban J connectivity index is 1.54. The van der Waals surface area contributed by atoms with Crippen LogP contribution in [0.15, 0.2) is 47.5 Å². The summed E-state index contributed by atoms with van der Waals surface area (Å²) in [5.74, 6) is -0.610. The van der Waals surface area contributed by atoms with E-state index in [2.05, 4.69) is 21.2 Å². The van der Waals surface area contributed by atoms with E-state index < -0.39 is 35.6 Å². The van der Waals surface area contributed by atoms with E-state index in [9.17, 15) is 22.8 Å². The molecule has 2 heterocycles. The van der Waals surface area contributed by atoms with Crippen LogP contribution in [0.4, 0.5) is 24.5 Å². The van der Waals surface area contributed by atoms with Gasteiger partial charge in [-0.2, -0.15) is 13.2 Å². The largest absolute Gasteiger partial charge is 0.493 e. The molecule has 2 aliphatic heterocycles. The molecule has 35 heavy (non-hydrogen) atoms. The maximum absolute atomic E-state index is 13.3. The molecule has 2 atom stereocenters. The van der Waals surface area contributed by atoms with Crippen molar-refractivity contribution >= 4 is 40.1 Å². The first-order valence-corrected chi connectivity index (χ1v) is 11.4. The molecule has 2 aromatic rings. The van der Waals surface area contributed by atoms with E-state index in [1.165, 1.54) is 26.4 Å². The predicted molar refractivity (Wildman–Crippen MR) is 125 cm³/mol. The highest BCUT2D eigenvalue weighted by molar-refractivity contribution is 8.14. The van der Waals surface area contributed by atoms with E-state index in [1.807, 2.05) is 0 Å². The molecule has 2 aliphatic rings. The van der Waals surface area contributed by atoms with Gasteiger partial charge in [0.05, 0.1) is 37.1 Å². The van der Waals surface area contributed by atoms with E-state index >= 15 is 0 Å². The third-order valence-electron chi connectivity index (χ3n) is 5.36. The third-order valence-corrected chi connectivity index (χ3v) is 6.32. The number of carbonyl (C=O) groups excluding carboxylic acids is 2. The van der Waals surface area contributed by atoms with Crippen LogP contribution in [0.5, 0.6) is 11.5 Å². The van der Waals surface area contributed by atoms with Gasteiger partial charge in [0.2, 0.25) is 11.8 Å². The zero-order valence-corrected chi connectivity index (χ0v) is 19.5. The number of benzene rings is 2. The van der Waals surface area contributed by atoms with Gasteiger partial charge in [-0.25, -0.2) is 10.4 Å². The maximum Gasteiger partial charge on any atom is 0.416 e. The molecule has 9 nitrogen and oxygen atoms in total. The Bertz CT molecular complexity index is 1160. The van der Waals surface area contributed by atoms with Crippen molar-refractivity contribution in [2.24, 2.45) is 10.9 Å². The zero-order chi connectivity index (χ0) is 25.2. The van der Waals surface area contributed by atoms with Gasteiger partial charge in [-0.3, -0.25) is 19.9 Å². The van der Waals surface area contributed by atoms with E-state index in [-0.39, 0.29) is 23.2 Å². The Labute approximate surface area is 203 Å². The van der Waals surface area contributed by atoms with Crippen LogP contribution >= 0.6 is 11.8 Å². The molecule has 0 radical (unpaired) electrons. The number of methoxy groups -OCH3 is 2. The number of hydrazine groups is 1. The minimum atomic E-state index is -4.57. The van der Waals surface area contributed by atoms with Crippen LogP contribution in [0.3, 0.4) is 0 Å². The number of halogens is 3. The smallest absolute Gasteiger partial charge is 0.416 e. The van der Waals surface area contributed by atoms with Crippen LogP contribution in [0.1, 0.15) is 5.56 Å². The second-order valence-corrected chi connectivity index (χ2v) is 8.56. The van der Waals surface area contributed by atoms with Gasteiger partial charge in [0, 0.05) is 18.3 Å². The van der Waals surface area contributed by atoms with Gasteiger partial charge < -0.3 is 14.8 Å². The highest BCUT2D eigenvalue weighted by atomic mass is 32.2. The van der Waals surface area contributed by atoms with Crippen LogP contribution in [0.25, 0.3) is 0 Å². The van der Waals surface area contributed by atoms with Gasteiger partial charge in [0.1, 0.15) is 6.17 Å². The van der Waals surface area contributed by atoms with Crippen molar-refractivity contribution in [2.75, 3.05) is 36.7 Å². The molecule has 2 unspecified atom stereocenters. The van der Waals surface area contributed by atoms with Gasteiger partial charge in [-0.15, -0.1) is 0 Å². The number of anilines is 2. The molecule has 1 saturated heterocycles. The standard InChI is InChI=1S/C22H22F3N5O4S/c1-33-16-7-6-13(9-17(16)34-2)27-18(31)11-35-21-28-19-15(10-26-29-19)20(32)30(21)14-5-3-4-12(8-14)22(23,24)25/h3-9,15,19,26,29H,10-11H2,1-2H3,(H,27,31). The Kier molecular flexibility index (Phi) is 7.19. The van der Waals surface area contributed by atoms with Crippen LogP contribution in [0.2, 0.25) is 0 Å². The molecule has 13 heteroatoms. The number of hydrogen-bond acceptors (Lipinski definition) is 8. The summed E-state index contributed by atoms with van der Waals surface area (Å²) >= 11 is 0.949. The summed E-state index contributed by atoms with van der Waals surface area (Å²) in [7, 11) is 2.97. The Morgan fingerprint density at radius 2 is 1.97 bits per heavy atom. The monoisotopic (exact) mass is 509 g/mol. The Morgan fingerprint density at radius 1 is 1.20 bits per heavy atom. The fraction of sp³-hybridized carbons (Fsp3) is 0.318. The normalized spacial score (nSPS) is 19.7. The predicted octanol–water partition coefficient (Wildman–Crippen LogP) is 2.85. The molecule has 186 valence electrons. The van der Waals surface area contributed by atoms with Crippen LogP contribution < -0.4 is 30.5 Å². The zero-order valence-electron chi connectivity index (χ0n) is 18.7. The number of rotatable bonds is 6. The number of hydrogen-bond donors (Lipinski definition) is 3. The topological polar surface area (TPSA) is 104 Å². The van der Waals surface area contributed by atoms with Gasteiger partial charge in [-0.1, -0.05) is 17.8 Å². The molecule has 0 bridgehead atoms. The quantitative estimate of drug-likeness (QED) is 0.550. The summed E-state index contributed by atoms with van der Waals surface area (Å²) < 4.78 is 50.2. The summed E-state index contributed by atoms with van der Waals surface area (Å²) in [4.78, 5) is 31.4. The number of carbonyl (C=O) groups is 2. The lowest BCUT2D eigenvalue weighted by Crippen LogP contribution is -2.49. The van der Waals surface area contributed by atoms with Crippen LogP contribution in [0, 0.1) is 5.92 Å². The van der Waals surface area contributed by atoms with Crippen molar-refractivity contribution in [3.63, 3.8) is 0 Å². The first-order valence-electron chi connectivity index (χ1n) is 10.4. The molecule has 0 spiro atoms. The van der Waals surface area contributed by atoms with Gasteiger partial charge in [0.25, 0.3) is 0 Å². The lowest BCUT2D eigenvalue weighted by molar-refractivity contribution is -0.137. The van der Waals surface area contributed by atoms with Crippen LogP contribution in [-0.2, 0) is 15.8 Å². The van der Waals surface area contributed by atoms with Crippen molar-refractivity contribution in [3.05, 3.63) is 48.0 Å². The summed E-state index contributed by atoms with van der Waals surface area (Å²) in [5, 5.41) is 2.84.